The van der Waals surface area contributed by atoms with Crippen LogP contribution in [0, 0.1) is 24.1 Å². The van der Waals surface area contributed by atoms with Crippen molar-refractivity contribution in [2.45, 2.75) is 6.92 Å². The number of hydrogen-bond acceptors (Lipinski definition) is 3. The predicted molar refractivity (Wildman–Crippen MR) is 55.0 cm³/mol. The number of amides is 2. The molecule has 0 aliphatic rings. The van der Waals surface area contributed by atoms with Gasteiger partial charge in [-0.25, -0.2) is 14.7 Å². The molecule has 0 saturated carbocycles. The molecular formula is C10H10FN3O2. The van der Waals surface area contributed by atoms with Crippen molar-refractivity contribution in [3.63, 3.8) is 0 Å². The van der Waals surface area contributed by atoms with Gasteiger partial charge < -0.3 is 5.32 Å². The zero-order chi connectivity index (χ0) is 12.1. The fourth-order valence-corrected chi connectivity index (χ4v) is 1.20. The maximum Gasteiger partial charge on any atom is 0.343 e. The molecule has 0 fully saturated rings. The number of benzene rings is 1. The maximum absolute atomic E-state index is 13.5. The summed E-state index contributed by atoms with van der Waals surface area (Å²) < 4.78 is 13.5. The molecule has 84 valence electrons. The number of carbonyl (C=O) groups is 1. The summed E-state index contributed by atoms with van der Waals surface area (Å²) in [6.07, 6.45) is 0. The number of carbonyl (C=O) groups excluding carboxylic acids is 1. The number of aryl methyl sites for hydroxylation is 1. The molecule has 0 bridgehead atoms. The second-order valence-electron chi connectivity index (χ2n) is 3.02. The van der Waals surface area contributed by atoms with E-state index in [0.717, 1.165) is 6.07 Å². The lowest BCUT2D eigenvalue weighted by Gasteiger charge is -2.09. The van der Waals surface area contributed by atoms with E-state index in [0.29, 0.717) is 5.56 Å². The first-order chi connectivity index (χ1) is 7.58. The maximum atomic E-state index is 13.5. The number of nitriles is 1. The highest BCUT2D eigenvalue weighted by Gasteiger charge is 2.10. The summed E-state index contributed by atoms with van der Waals surface area (Å²) in [5, 5.41) is 10.9. The lowest BCUT2D eigenvalue weighted by Crippen LogP contribution is -2.28. The van der Waals surface area contributed by atoms with Crippen molar-refractivity contribution in [1.82, 2.24) is 5.48 Å². The Labute approximate surface area is 91.8 Å². The molecule has 1 rings (SSSR count). The SMILES string of the molecule is CONC(=O)Nc1c(C)cc(C#N)cc1F. The highest BCUT2D eigenvalue weighted by molar-refractivity contribution is 5.89. The highest BCUT2D eigenvalue weighted by atomic mass is 19.1. The summed E-state index contributed by atoms with van der Waals surface area (Å²) >= 11 is 0. The number of hydrogen-bond donors (Lipinski definition) is 2. The smallest absolute Gasteiger partial charge is 0.303 e. The van der Waals surface area contributed by atoms with Crippen molar-refractivity contribution in [2.24, 2.45) is 0 Å². The number of halogens is 1. The summed E-state index contributed by atoms with van der Waals surface area (Å²) in [6.45, 7) is 1.59. The Morgan fingerprint density at radius 2 is 2.25 bits per heavy atom. The van der Waals surface area contributed by atoms with E-state index < -0.39 is 11.8 Å². The molecule has 0 aromatic heterocycles. The van der Waals surface area contributed by atoms with E-state index in [1.165, 1.54) is 13.2 Å². The molecule has 2 N–H and O–H groups in total. The van der Waals surface area contributed by atoms with Gasteiger partial charge in [-0.3, -0.25) is 4.84 Å². The average molecular weight is 223 g/mol. The van der Waals surface area contributed by atoms with Crippen molar-refractivity contribution >= 4 is 11.7 Å². The van der Waals surface area contributed by atoms with Gasteiger partial charge >= 0.3 is 6.03 Å². The van der Waals surface area contributed by atoms with Crippen LogP contribution in [0.25, 0.3) is 0 Å². The van der Waals surface area contributed by atoms with Crippen LogP contribution >= 0.6 is 0 Å². The molecule has 0 saturated heterocycles. The van der Waals surface area contributed by atoms with Crippen LogP contribution in [0.3, 0.4) is 0 Å². The fourth-order valence-electron chi connectivity index (χ4n) is 1.20. The molecule has 5 nitrogen and oxygen atoms in total. The first-order valence-corrected chi connectivity index (χ1v) is 4.38. The number of nitrogens with one attached hydrogen (secondary N) is 2. The number of hydroxylamine groups is 1. The van der Waals surface area contributed by atoms with Gasteiger partial charge in [0, 0.05) is 0 Å². The van der Waals surface area contributed by atoms with E-state index in [4.69, 9.17) is 5.26 Å². The minimum Gasteiger partial charge on any atom is -0.303 e. The molecule has 6 heteroatoms. The molecule has 0 aliphatic carbocycles. The van der Waals surface area contributed by atoms with E-state index in [1.54, 1.807) is 6.92 Å². The molecule has 0 heterocycles. The van der Waals surface area contributed by atoms with E-state index in [-0.39, 0.29) is 11.3 Å². The highest BCUT2D eigenvalue weighted by Crippen LogP contribution is 2.20. The van der Waals surface area contributed by atoms with Crippen molar-refractivity contribution in [3.8, 4) is 6.07 Å². The molecule has 0 atom stereocenters. The third-order valence-corrected chi connectivity index (χ3v) is 1.85. The second-order valence-corrected chi connectivity index (χ2v) is 3.02. The van der Waals surface area contributed by atoms with Crippen LogP contribution in [-0.4, -0.2) is 13.1 Å². The van der Waals surface area contributed by atoms with Crippen LogP contribution in [0.5, 0.6) is 0 Å². The number of nitrogens with zero attached hydrogens (tertiary/aromatic N) is 1. The lowest BCUT2D eigenvalue weighted by atomic mass is 10.1. The van der Waals surface area contributed by atoms with Gasteiger partial charge in [-0.2, -0.15) is 5.26 Å². The van der Waals surface area contributed by atoms with Gasteiger partial charge in [-0.05, 0) is 24.6 Å². The fraction of sp³-hybridized carbons (Fsp3) is 0.200. The molecule has 1 aromatic rings. The zero-order valence-corrected chi connectivity index (χ0v) is 8.80. The van der Waals surface area contributed by atoms with Gasteiger partial charge in [0.25, 0.3) is 0 Å². The summed E-state index contributed by atoms with van der Waals surface area (Å²) in [4.78, 5) is 15.5. The Morgan fingerprint density at radius 1 is 1.56 bits per heavy atom. The van der Waals surface area contributed by atoms with Crippen molar-refractivity contribution < 1.29 is 14.0 Å². The van der Waals surface area contributed by atoms with E-state index >= 15 is 0 Å². The summed E-state index contributed by atoms with van der Waals surface area (Å²) in [6, 6.07) is 3.66. The predicted octanol–water partition coefficient (Wildman–Crippen LogP) is 1.69. The monoisotopic (exact) mass is 223 g/mol. The van der Waals surface area contributed by atoms with Crippen LogP contribution in [0.1, 0.15) is 11.1 Å². The normalized spacial score (nSPS) is 9.38. The van der Waals surface area contributed by atoms with Gasteiger partial charge in [0.2, 0.25) is 0 Å². The quantitative estimate of drug-likeness (QED) is 0.749. The molecule has 0 unspecified atom stereocenters. The topological polar surface area (TPSA) is 74.2 Å². The first kappa shape index (κ1) is 11.9. The van der Waals surface area contributed by atoms with Crippen LogP contribution in [-0.2, 0) is 4.84 Å². The minimum atomic E-state index is -0.686. The average Bonchev–Trinajstić information content (AvgIpc) is 2.23. The van der Waals surface area contributed by atoms with Gasteiger partial charge in [0.05, 0.1) is 24.4 Å². The number of rotatable bonds is 2. The molecule has 0 aliphatic heterocycles. The Morgan fingerprint density at radius 3 is 2.75 bits per heavy atom. The van der Waals surface area contributed by atoms with Crippen molar-refractivity contribution in [3.05, 3.63) is 29.1 Å². The van der Waals surface area contributed by atoms with E-state index in [9.17, 15) is 9.18 Å². The largest absolute Gasteiger partial charge is 0.343 e. The van der Waals surface area contributed by atoms with Crippen LogP contribution in [0.15, 0.2) is 12.1 Å². The molecule has 2 amide bonds. The van der Waals surface area contributed by atoms with Gasteiger partial charge in [0.15, 0.2) is 0 Å². The van der Waals surface area contributed by atoms with E-state index in [1.807, 2.05) is 11.5 Å². The third kappa shape index (κ3) is 2.68. The Bertz CT molecular complexity index is 431. The Hall–Kier alpha value is -2.13. The van der Waals surface area contributed by atoms with Crippen LogP contribution < -0.4 is 10.8 Å². The Balaban J connectivity index is 2.98. The summed E-state index contributed by atoms with van der Waals surface area (Å²) in [5.41, 5.74) is 2.68. The standard InChI is InChI=1S/C10H10FN3O2/c1-6-3-7(5-12)4-8(11)9(6)13-10(15)14-16-2/h3-4H,1-2H3,(H2,13,14,15). The number of anilines is 1. The minimum absolute atomic E-state index is 0.0218. The van der Waals surface area contributed by atoms with Crippen LogP contribution in [0.4, 0.5) is 14.9 Å². The summed E-state index contributed by atoms with van der Waals surface area (Å²) in [7, 11) is 1.27. The van der Waals surface area contributed by atoms with Gasteiger partial charge in [-0.1, -0.05) is 0 Å². The first-order valence-electron chi connectivity index (χ1n) is 4.38. The van der Waals surface area contributed by atoms with Gasteiger partial charge in [0.1, 0.15) is 5.82 Å². The third-order valence-electron chi connectivity index (χ3n) is 1.85. The molecular weight excluding hydrogens is 213 g/mol. The van der Waals surface area contributed by atoms with Crippen molar-refractivity contribution in [2.75, 3.05) is 12.4 Å². The zero-order valence-electron chi connectivity index (χ0n) is 8.80. The summed E-state index contributed by atoms with van der Waals surface area (Å²) in [5.74, 6) is -0.664. The second kappa shape index (κ2) is 5.09. The lowest BCUT2D eigenvalue weighted by molar-refractivity contribution is 0.114. The number of urea groups is 1. The molecule has 16 heavy (non-hydrogen) atoms. The van der Waals surface area contributed by atoms with E-state index in [2.05, 4.69) is 10.2 Å². The Kier molecular flexibility index (Phi) is 3.80. The van der Waals surface area contributed by atoms with Gasteiger partial charge in [-0.15, -0.1) is 0 Å². The van der Waals surface area contributed by atoms with Crippen LogP contribution in [0.2, 0.25) is 0 Å². The molecule has 0 radical (unpaired) electrons. The molecule has 1 aromatic carbocycles. The van der Waals surface area contributed by atoms with Crippen molar-refractivity contribution in [1.29, 1.82) is 5.26 Å². The molecule has 0 spiro atoms.